The summed E-state index contributed by atoms with van der Waals surface area (Å²) in [5.74, 6) is -0.123. The van der Waals surface area contributed by atoms with E-state index in [1.807, 2.05) is 26.0 Å². The van der Waals surface area contributed by atoms with Gasteiger partial charge in [0.05, 0.1) is 0 Å². The highest BCUT2D eigenvalue weighted by atomic mass is 16.2. The zero-order chi connectivity index (χ0) is 18.2. The average Bonchev–Trinajstić information content (AvgIpc) is 2.67. The van der Waals surface area contributed by atoms with Crippen LogP contribution in [0.4, 0.5) is 0 Å². The summed E-state index contributed by atoms with van der Waals surface area (Å²) < 4.78 is 0. The number of rotatable bonds is 7. The topological polar surface area (TPSA) is 53.5 Å². The van der Waals surface area contributed by atoms with Crippen molar-refractivity contribution in [2.75, 3.05) is 26.7 Å². The SMILES string of the molecule is CCN(CC)C(=O)c1cccc(C(=O)N(C)CCc2ccncc2)c1. The molecule has 132 valence electrons. The Balaban J connectivity index is 2.06. The number of aromatic nitrogens is 1. The first-order valence-corrected chi connectivity index (χ1v) is 8.60. The van der Waals surface area contributed by atoms with Crippen LogP contribution in [0.1, 0.15) is 40.1 Å². The van der Waals surface area contributed by atoms with Gasteiger partial charge in [0.2, 0.25) is 0 Å². The monoisotopic (exact) mass is 339 g/mol. The van der Waals surface area contributed by atoms with Crippen molar-refractivity contribution in [2.45, 2.75) is 20.3 Å². The van der Waals surface area contributed by atoms with Crippen LogP contribution in [-0.2, 0) is 6.42 Å². The second kappa shape index (κ2) is 8.97. The lowest BCUT2D eigenvalue weighted by molar-refractivity contribution is 0.0773. The Morgan fingerprint density at radius 2 is 1.56 bits per heavy atom. The van der Waals surface area contributed by atoms with Crippen molar-refractivity contribution in [1.29, 1.82) is 0 Å². The van der Waals surface area contributed by atoms with Crippen molar-refractivity contribution in [2.24, 2.45) is 0 Å². The van der Waals surface area contributed by atoms with Crippen LogP contribution in [0.5, 0.6) is 0 Å². The summed E-state index contributed by atoms with van der Waals surface area (Å²) in [6, 6.07) is 10.9. The van der Waals surface area contributed by atoms with Gasteiger partial charge in [-0.05, 0) is 56.2 Å². The first kappa shape index (κ1) is 18.6. The van der Waals surface area contributed by atoms with Crippen molar-refractivity contribution in [3.05, 3.63) is 65.5 Å². The Hall–Kier alpha value is -2.69. The Kier molecular flexibility index (Phi) is 6.69. The number of hydrogen-bond acceptors (Lipinski definition) is 3. The van der Waals surface area contributed by atoms with Crippen molar-refractivity contribution < 1.29 is 9.59 Å². The smallest absolute Gasteiger partial charge is 0.253 e. The summed E-state index contributed by atoms with van der Waals surface area (Å²) in [6.07, 6.45) is 4.27. The van der Waals surface area contributed by atoms with Gasteiger partial charge in [0, 0.05) is 50.2 Å². The molecule has 0 spiro atoms. The van der Waals surface area contributed by atoms with Crippen LogP contribution < -0.4 is 0 Å². The van der Waals surface area contributed by atoms with Gasteiger partial charge in [0.1, 0.15) is 0 Å². The van der Waals surface area contributed by atoms with E-state index in [9.17, 15) is 9.59 Å². The molecule has 0 bridgehead atoms. The number of amides is 2. The molecule has 0 aliphatic carbocycles. The van der Waals surface area contributed by atoms with Gasteiger partial charge in [0.25, 0.3) is 11.8 Å². The fraction of sp³-hybridized carbons (Fsp3) is 0.350. The highest BCUT2D eigenvalue weighted by Crippen LogP contribution is 2.11. The first-order valence-electron chi connectivity index (χ1n) is 8.60. The minimum absolute atomic E-state index is 0.0425. The minimum Gasteiger partial charge on any atom is -0.341 e. The Bertz CT molecular complexity index is 712. The lowest BCUT2D eigenvalue weighted by atomic mass is 10.1. The molecular formula is C20H25N3O2. The number of carbonyl (C=O) groups excluding carboxylic acids is 2. The van der Waals surface area contributed by atoms with E-state index in [0.717, 1.165) is 12.0 Å². The lowest BCUT2D eigenvalue weighted by Crippen LogP contribution is -2.31. The fourth-order valence-electron chi connectivity index (χ4n) is 2.65. The van der Waals surface area contributed by atoms with Crippen molar-refractivity contribution >= 4 is 11.8 Å². The predicted octanol–water partition coefficient (Wildman–Crippen LogP) is 2.88. The second-order valence-electron chi connectivity index (χ2n) is 5.89. The molecule has 0 unspecified atom stereocenters. The number of likely N-dealkylation sites (N-methyl/N-ethyl adjacent to an activating group) is 1. The fourth-order valence-corrected chi connectivity index (χ4v) is 2.65. The normalized spacial score (nSPS) is 10.4. The molecule has 1 aromatic heterocycles. The molecule has 0 aliphatic rings. The molecule has 1 aromatic carbocycles. The third kappa shape index (κ3) is 4.89. The highest BCUT2D eigenvalue weighted by Gasteiger charge is 2.16. The van der Waals surface area contributed by atoms with E-state index in [4.69, 9.17) is 0 Å². The van der Waals surface area contributed by atoms with Crippen LogP contribution in [0.3, 0.4) is 0 Å². The molecule has 2 aromatic rings. The van der Waals surface area contributed by atoms with Gasteiger partial charge < -0.3 is 9.80 Å². The van der Waals surface area contributed by atoms with Crippen LogP contribution in [0.15, 0.2) is 48.8 Å². The van der Waals surface area contributed by atoms with Gasteiger partial charge in [-0.3, -0.25) is 14.6 Å². The van der Waals surface area contributed by atoms with Gasteiger partial charge in [-0.15, -0.1) is 0 Å². The van der Waals surface area contributed by atoms with Gasteiger partial charge in [0.15, 0.2) is 0 Å². The second-order valence-corrected chi connectivity index (χ2v) is 5.89. The van der Waals surface area contributed by atoms with Crippen LogP contribution in [0, 0.1) is 0 Å². The summed E-state index contributed by atoms with van der Waals surface area (Å²) in [4.78, 5) is 32.5. The third-order valence-corrected chi connectivity index (χ3v) is 4.24. The number of nitrogens with zero attached hydrogens (tertiary/aromatic N) is 3. The Labute approximate surface area is 149 Å². The van der Waals surface area contributed by atoms with E-state index >= 15 is 0 Å². The molecule has 2 amide bonds. The summed E-state index contributed by atoms with van der Waals surface area (Å²) in [5, 5.41) is 0. The summed E-state index contributed by atoms with van der Waals surface area (Å²) >= 11 is 0. The van der Waals surface area contributed by atoms with E-state index < -0.39 is 0 Å². The quantitative estimate of drug-likeness (QED) is 0.779. The molecule has 2 rings (SSSR count). The highest BCUT2D eigenvalue weighted by molar-refractivity contribution is 5.99. The van der Waals surface area contributed by atoms with Crippen LogP contribution in [0.2, 0.25) is 0 Å². The third-order valence-electron chi connectivity index (χ3n) is 4.24. The summed E-state index contributed by atoms with van der Waals surface area (Å²) in [7, 11) is 1.78. The first-order chi connectivity index (χ1) is 12.1. The maximum atomic E-state index is 12.6. The van der Waals surface area contributed by atoms with E-state index in [0.29, 0.717) is 30.8 Å². The standard InChI is InChI=1S/C20H25N3O2/c1-4-23(5-2)20(25)18-8-6-7-17(15-18)19(24)22(3)14-11-16-9-12-21-13-10-16/h6-10,12-13,15H,4-5,11,14H2,1-3H3. The molecule has 0 saturated heterocycles. The molecule has 0 saturated carbocycles. The van der Waals surface area contributed by atoms with Gasteiger partial charge in [-0.1, -0.05) is 6.07 Å². The number of benzene rings is 1. The van der Waals surface area contributed by atoms with Crippen LogP contribution in [0.25, 0.3) is 0 Å². The van der Waals surface area contributed by atoms with Gasteiger partial charge in [-0.2, -0.15) is 0 Å². The van der Waals surface area contributed by atoms with Gasteiger partial charge in [-0.25, -0.2) is 0 Å². The maximum Gasteiger partial charge on any atom is 0.253 e. The molecule has 5 heteroatoms. The van der Waals surface area contributed by atoms with Crippen LogP contribution >= 0.6 is 0 Å². The molecule has 0 N–H and O–H groups in total. The predicted molar refractivity (Wildman–Crippen MR) is 98.6 cm³/mol. The molecule has 0 atom stereocenters. The molecule has 1 heterocycles. The minimum atomic E-state index is -0.0803. The molecular weight excluding hydrogens is 314 g/mol. The Morgan fingerprint density at radius 1 is 0.960 bits per heavy atom. The van der Waals surface area contributed by atoms with E-state index in [2.05, 4.69) is 4.98 Å². The van der Waals surface area contributed by atoms with Crippen molar-refractivity contribution in [3.63, 3.8) is 0 Å². The zero-order valence-electron chi connectivity index (χ0n) is 15.1. The van der Waals surface area contributed by atoms with Crippen LogP contribution in [-0.4, -0.2) is 53.3 Å². The van der Waals surface area contributed by atoms with Crippen molar-refractivity contribution in [1.82, 2.24) is 14.8 Å². The maximum absolute atomic E-state index is 12.6. The van der Waals surface area contributed by atoms with E-state index in [1.165, 1.54) is 0 Å². The number of hydrogen-bond donors (Lipinski definition) is 0. The molecule has 0 fully saturated rings. The van der Waals surface area contributed by atoms with Crippen molar-refractivity contribution in [3.8, 4) is 0 Å². The molecule has 25 heavy (non-hydrogen) atoms. The van der Waals surface area contributed by atoms with E-state index in [-0.39, 0.29) is 11.8 Å². The molecule has 0 radical (unpaired) electrons. The molecule has 0 aliphatic heterocycles. The lowest BCUT2D eigenvalue weighted by Gasteiger charge is -2.20. The zero-order valence-corrected chi connectivity index (χ0v) is 15.1. The molecule has 5 nitrogen and oxygen atoms in total. The van der Waals surface area contributed by atoms with E-state index in [1.54, 1.807) is 53.5 Å². The largest absolute Gasteiger partial charge is 0.341 e. The summed E-state index contributed by atoms with van der Waals surface area (Å²) in [5.41, 5.74) is 2.23. The summed E-state index contributed by atoms with van der Waals surface area (Å²) in [6.45, 7) is 5.81. The van der Waals surface area contributed by atoms with Gasteiger partial charge >= 0.3 is 0 Å². The average molecular weight is 339 g/mol. The Morgan fingerprint density at radius 3 is 2.16 bits per heavy atom. The number of pyridine rings is 1. The number of carbonyl (C=O) groups is 2.